The molecule has 22 heavy (non-hydrogen) atoms. The van der Waals surface area contributed by atoms with Crippen LogP contribution in [0.25, 0.3) is 6.08 Å². The van der Waals surface area contributed by atoms with Crippen LogP contribution in [-0.2, 0) is 11.3 Å². The summed E-state index contributed by atoms with van der Waals surface area (Å²) in [6.45, 7) is -0.0645. The van der Waals surface area contributed by atoms with E-state index in [2.05, 4.69) is 4.98 Å². The molecule has 1 saturated heterocycles. The molecule has 0 N–H and O–H groups in total. The quantitative estimate of drug-likeness (QED) is 0.814. The number of halogens is 1. The average Bonchev–Trinajstić information content (AvgIpc) is 2.78. The van der Waals surface area contributed by atoms with Crippen LogP contribution in [-0.4, -0.2) is 21.0 Å². The maximum atomic E-state index is 13.7. The molecule has 0 bridgehead atoms. The van der Waals surface area contributed by atoms with E-state index in [0.717, 1.165) is 22.2 Å². The van der Waals surface area contributed by atoms with Crippen LogP contribution >= 0.6 is 11.8 Å². The van der Waals surface area contributed by atoms with Crippen molar-refractivity contribution >= 4 is 29.0 Å². The lowest BCUT2D eigenvalue weighted by Crippen LogP contribution is -2.27. The Morgan fingerprint density at radius 1 is 1.14 bits per heavy atom. The van der Waals surface area contributed by atoms with Crippen molar-refractivity contribution in [3.05, 3.63) is 70.6 Å². The third-order valence-corrected chi connectivity index (χ3v) is 4.07. The molecule has 0 unspecified atom stereocenters. The zero-order valence-corrected chi connectivity index (χ0v) is 12.2. The maximum Gasteiger partial charge on any atom is 0.293 e. The Balaban J connectivity index is 1.83. The van der Waals surface area contributed by atoms with E-state index in [9.17, 15) is 14.0 Å². The number of imide groups is 1. The van der Waals surface area contributed by atoms with Crippen molar-refractivity contribution < 1.29 is 14.0 Å². The van der Waals surface area contributed by atoms with Gasteiger partial charge in [-0.15, -0.1) is 0 Å². The highest BCUT2D eigenvalue weighted by molar-refractivity contribution is 8.18. The normalized spacial score (nSPS) is 16.6. The van der Waals surface area contributed by atoms with E-state index < -0.39 is 17.0 Å². The lowest BCUT2D eigenvalue weighted by molar-refractivity contribution is -0.123. The van der Waals surface area contributed by atoms with Crippen LogP contribution in [0, 0.1) is 5.82 Å². The fraction of sp³-hybridized carbons (Fsp3) is 0.0625. The monoisotopic (exact) mass is 314 g/mol. The second-order valence-corrected chi connectivity index (χ2v) is 5.63. The third-order valence-electron chi connectivity index (χ3n) is 3.16. The minimum Gasteiger partial charge on any atom is -0.268 e. The molecule has 0 aliphatic carbocycles. The molecule has 1 aliphatic heterocycles. The van der Waals surface area contributed by atoms with Crippen molar-refractivity contribution in [2.24, 2.45) is 0 Å². The molecule has 110 valence electrons. The number of thioether (sulfide) groups is 1. The highest BCUT2D eigenvalue weighted by Crippen LogP contribution is 2.33. The first-order valence-corrected chi connectivity index (χ1v) is 7.35. The summed E-state index contributed by atoms with van der Waals surface area (Å²) in [5, 5.41) is -0.395. The zero-order chi connectivity index (χ0) is 15.5. The molecule has 0 saturated carbocycles. The zero-order valence-electron chi connectivity index (χ0n) is 11.4. The summed E-state index contributed by atoms with van der Waals surface area (Å²) in [5.74, 6) is -0.838. The molecule has 1 aromatic heterocycles. The van der Waals surface area contributed by atoms with Gasteiger partial charge in [-0.05, 0) is 41.6 Å². The van der Waals surface area contributed by atoms with Gasteiger partial charge in [0, 0.05) is 18.0 Å². The van der Waals surface area contributed by atoms with Crippen molar-refractivity contribution in [3.63, 3.8) is 0 Å². The number of carbonyl (C=O) groups excluding carboxylic acids is 2. The van der Waals surface area contributed by atoms with Crippen molar-refractivity contribution in [1.29, 1.82) is 0 Å². The lowest BCUT2D eigenvalue weighted by Gasteiger charge is -2.12. The molecular weight excluding hydrogens is 303 g/mol. The molecule has 3 rings (SSSR count). The van der Waals surface area contributed by atoms with E-state index in [1.54, 1.807) is 48.8 Å². The van der Waals surface area contributed by atoms with E-state index in [4.69, 9.17) is 0 Å². The Hall–Kier alpha value is -2.47. The molecular formula is C16H11FN2O2S. The van der Waals surface area contributed by atoms with E-state index in [-0.39, 0.29) is 6.54 Å². The lowest BCUT2D eigenvalue weighted by atomic mass is 10.2. The predicted molar refractivity (Wildman–Crippen MR) is 82.2 cm³/mol. The van der Waals surface area contributed by atoms with Gasteiger partial charge in [-0.25, -0.2) is 4.39 Å². The van der Waals surface area contributed by atoms with Crippen LogP contribution < -0.4 is 0 Å². The summed E-state index contributed by atoms with van der Waals surface area (Å²) in [4.78, 5) is 29.6. The van der Waals surface area contributed by atoms with Crippen LogP contribution in [0.15, 0.2) is 53.7 Å². The standard InChI is InChI=1S/C16H11FN2O2S/c17-13-4-2-1-3-12(13)10-19-15(20)14(22-16(19)21)9-11-5-7-18-8-6-11/h1-9H,10H2/b14-9+. The molecule has 0 radical (unpaired) electrons. The molecule has 1 aliphatic rings. The highest BCUT2D eigenvalue weighted by atomic mass is 32.2. The summed E-state index contributed by atoms with van der Waals surface area (Å²) >= 11 is 0.857. The molecule has 6 heteroatoms. The Bertz CT molecular complexity index is 762. The maximum absolute atomic E-state index is 13.7. The van der Waals surface area contributed by atoms with Gasteiger partial charge in [-0.2, -0.15) is 0 Å². The largest absolute Gasteiger partial charge is 0.293 e. The molecule has 4 nitrogen and oxygen atoms in total. The molecule has 2 amide bonds. The first kappa shape index (κ1) is 14.5. The Kier molecular flexibility index (Phi) is 4.02. The van der Waals surface area contributed by atoms with Crippen molar-refractivity contribution in [1.82, 2.24) is 9.88 Å². The van der Waals surface area contributed by atoms with E-state index in [1.165, 1.54) is 6.07 Å². The first-order chi connectivity index (χ1) is 10.6. The summed E-state index contributed by atoms with van der Waals surface area (Å²) < 4.78 is 13.7. The fourth-order valence-electron chi connectivity index (χ4n) is 2.04. The number of amides is 2. The van der Waals surface area contributed by atoms with Crippen molar-refractivity contribution in [2.45, 2.75) is 6.54 Å². The smallest absolute Gasteiger partial charge is 0.268 e. The topological polar surface area (TPSA) is 50.3 Å². The fourth-order valence-corrected chi connectivity index (χ4v) is 2.88. The van der Waals surface area contributed by atoms with Crippen LogP contribution in [0.1, 0.15) is 11.1 Å². The minimum atomic E-state index is -0.431. The average molecular weight is 314 g/mol. The summed E-state index contributed by atoms with van der Waals surface area (Å²) in [6.07, 6.45) is 4.85. The van der Waals surface area contributed by atoms with Gasteiger partial charge in [0.25, 0.3) is 11.1 Å². The number of hydrogen-bond donors (Lipinski definition) is 0. The van der Waals surface area contributed by atoms with E-state index in [0.29, 0.717) is 10.5 Å². The van der Waals surface area contributed by atoms with Gasteiger partial charge >= 0.3 is 0 Å². The van der Waals surface area contributed by atoms with E-state index in [1.807, 2.05) is 0 Å². The van der Waals surface area contributed by atoms with Crippen LogP contribution in [0.4, 0.5) is 9.18 Å². The Morgan fingerprint density at radius 3 is 2.59 bits per heavy atom. The molecule has 2 heterocycles. The number of carbonyl (C=O) groups is 2. The highest BCUT2D eigenvalue weighted by Gasteiger charge is 2.35. The van der Waals surface area contributed by atoms with Crippen molar-refractivity contribution in [3.8, 4) is 0 Å². The SMILES string of the molecule is O=C1S/C(=C/c2ccncc2)C(=O)N1Cc1ccccc1F. The number of benzene rings is 1. The van der Waals surface area contributed by atoms with E-state index >= 15 is 0 Å². The van der Waals surface area contributed by atoms with Gasteiger partial charge in [0.1, 0.15) is 5.82 Å². The summed E-state index contributed by atoms with van der Waals surface area (Å²) in [7, 11) is 0. The van der Waals surface area contributed by atoms with Crippen LogP contribution in [0.5, 0.6) is 0 Å². The van der Waals surface area contributed by atoms with Crippen molar-refractivity contribution in [2.75, 3.05) is 0 Å². The van der Waals surface area contributed by atoms with Crippen LogP contribution in [0.3, 0.4) is 0 Å². The number of rotatable bonds is 3. The van der Waals surface area contributed by atoms with Gasteiger partial charge < -0.3 is 0 Å². The van der Waals surface area contributed by atoms with Crippen LogP contribution in [0.2, 0.25) is 0 Å². The minimum absolute atomic E-state index is 0.0645. The summed E-state index contributed by atoms with van der Waals surface area (Å²) in [6, 6.07) is 9.59. The molecule has 1 aromatic carbocycles. The molecule has 1 fully saturated rings. The van der Waals surface area contributed by atoms with Gasteiger partial charge in [-0.3, -0.25) is 19.5 Å². The van der Waals surface area contributed by atoms with Gasteiger partial charge in [0.15, 0.2) is 0 Å². The molecule has 2 aromatic rings. The number of aromatic nitrogens is 1. The van der Waals surface area contributed by atoms with Gasteiger partial charge in [0.05, 0.1) is 11.4 Å². The second-order valence-electron chi connectivity index (χ2n) is 4.64. The first-order valence-electron chi connectivity index (χ1n) is 6.54. The Morgan fingerprint density at radius 2 is 1.86 bits per heavy atom. The molecule has 0 atom stereocenters. The third kappa shape index (κ3) is 2.92. The number of hydrogen-bond acceptors (Lipinski definition) is 4. The van der Waals surface area contributed by atoms with Gasteiger partial charge in [-0.1, -0.05) is 18.2 Å². The predicted octanol–water partition coefficient (Wildman–Crippen LogP) is 3.46. The molecule has 0 spiro atoms. The second kappa shape index (κ2) is 6.11. The Labute approximate surface area is 130 Å². The summed E-state index contributed by atoms with van der Waals surface area (Å²) in [5.41, 5.74) is 1.10. The number of nitrogens with zero attached hydrogens (tertiary/aromatic N) is 2. The number of pyridine rings is 1. The van der Waals surface area contributed by atoms with Gasteiger partial charge in [0.2, 0.25) is 0 Å².